The van der Waals surface area contributed by atoms with E-state index in [0.29, 0.717) is 0 Å². The van der Waals surface area contributed by atoms with Crippen molar-refractivity contribution in [2.45, 2.75) is 32.1 Å². The van der Waals surface area contributed by atoms with Gasteiger partial charge in [0.2, 0.25) is 0 Å². The lowest BCUT2D eigenvalue weighted by Crippen LogP contribution is -2.13. The molecule has 0 aliphatic heterocycles. The lowest BCUT2D eigenvalue weighted by Gasteiger charge is -2.10. The van der Waals surface area contributed by atoms with E-state index in [2.05, 4.69) is 38.0 Å². The quantitative estimate of drug-likeness (QED) is 0.535. The first-order valence-electron chi connectivity index (χ1n) is 5.42. The molecule has 0 spiro atoms. The average molecular weight is 186 g/mol. The Kier molecular flexibility index (Phi) is 8.46. The van der Waals surface area contributed by atoms with Gasteiger partial charge in [-0.2, -0.15) is 0 Å². The minimum Gasteiger partial charge on any atom is -0.309 e. The van der Waals surface area contributed by atoms with Crippen LogP contribution in [0.1, 0.15) is 32.1 Å². The first-order chi connectivity index (χ1) is 6.13. The number of rotatable bonds is 8. The third-order valence-electron chi connectivity index (χ3n) is 2.21. The van der Waals surface area contributed by atoms with Gasteiger partial charge < -0.3 is 9.80 Å². The van der Waals surface area contributed by atoms with Gasteiger partial charge in [-0.05, 0) is 54.1 Å². The van der Waals surface area contributed by atoms with Crippen LogP contribution in [0.25, 0.3) is 0 Å². The predicted molar refractivity (Wildman–Crippen MR) is 60.2 cm³/mol. The van der Waals surface area contributed by atoms with Gasteiger partial charge in [0, 0.05) is 0 Å². The van der Waals surface area contributed by atoms with Crippen LogP contribution in [0.3, 0.4) is 0 Å². The van der Waals surface area contributed by atoms with Crippen molar-refractivity contribution >= 4 is 0 Å². The Morgan fingerprint density at radius 1 is 0.538 bits per heavy atom. The highest BCUT2D eigenvalue weighted by molar-refractivity contribution is 4.49. The van der Waals surface area contributed by atoms with Gasteiger partial charge in [-0.3, -0.25) is 0 Å². The molecule has 0 radical (unpaired) electrons. The van der Waals surface area contributed by atoms with Gasteiger partial charge in [-0.1, -0.05) is 19.3 Å². The summed E-state index contributed by atoms with van der Waals surface area (Å²) in [5.74, 6) is 0. The molecule has 0 amide bonds. The second kappa shape index (κ2) is 8.52. The molecule has 0 rings (SSSR count). The molecule has 0 unspecified atom stereocenters. The van der Waals surface area contributed by atoms with Crippen molar-refractivity contribution in [1.82, 2.24) is 9.80 Å². The number of unbranched alkanes of at least 4 members (excludes halogenated alkanes) is 4. The summed E-state index contributed by atoms with van der Waals surface area (Å²) in [4.78, 5) is 4.53. The van der Waals surface area contributed by atoms with E-state index < -0.39 is 0 Å². The maximum Gasteiger partial charge on any atom is -0.00248 e. The minimum absolute atomic E-state index is 1.24. The van der Waals surface area contributed by atoms with Crippen LogP contribution in [0.4, 0.5) is 0 Å². The molecule has 0 fully saturated rings. The second-order valence-corrected chi connectivity index (χ2v) is 4.37. The highest BCUT2D eigenvalue weighted by Crippen LogP contribution is 2.03. The summed E-state index contributed by atoms with van der Waals surface area (Å²) in [6, 6.07) is 0. The van der Waals surface area contributed by atoms with Crippen LogP contribution in [0.2, 0.25) is 0 Å². The van der Waals surface area contributed by atoms with Crippen LogP contribution in [-0.2, 0) is 0 Å². The minimum atomic E-state index is 1.24. The molecule has 0 atom stereocenters. The molecule has 80 valence electrons. The smallest absolute Gasteiger partial charge is 0.00248 e. The fourth-order valence-corrected chi connectivity index (χ4v) is 1.39. The van der Waals surface area contributed by atoms with Crippen LogP contribution in [0.15, 0.2) is 0 Å². The van der Waals surface area contributed by atoms with Crippen molar-refractivity contribution in [3.05, 3.63) is 0 Å². The molecule has 13 heavy (non-hydrogen) atoms. The number of nitrogens with zero attached hydrogens (tertiary/aromatic N) is 2. The molecule has 2 heteroatoms. The van der Waals surface area contributed by atoms with E-state index in [9.17, 15) is 0 Å². The molecule has 0 aliphatic rings. The maximum atomic E-state index is 2.26. The number of hydrogen-bond donors (Lipinski definition) is 0. The van der Waals surface area contributed by atoms with E-state index in [-0.39, 0.29) is 0 Å². The Morgan fingerprint density at radius 2 is 0.846 bits per heavy atom. The summed E-state index contributed by atoms with van der Waals surface area (Å²) in [5.41, 5.74) is 0. The first-order valence-corrected chi connectivity index (χ1v) is 5.42. The molecule has 2 nitrogen and oxygen atoms in total. The average Bonchev–Trinajstić information content (AvgIpc) is 2.01. The van der Waals surface area contributed by atoms with Crippen molar-refractivity contribution < 1.29 is 0 Å². The van der Waals surface area contributed by atoms with E-state index in [1.54, 1.807) is 0 Å². The molecular formula is C11H26N2. The van der Waals surface area contributed by atoms with Crippen molar-refractivity contribution in [2.24, 2.45) is 0 Å². The fourth-order valence-electron chi connectivity index (χ4n) is 1.39. The van der Waals surface area contributed by atoms with E-state index in [0.717, 1.165) is 0 Å². The summed E-state index contributed by atoms with van der Waals surface area (Å²) in [6.07, 6.45) is 6.91. The Bertz CT molecular complexity index is 88.3. The predicted octanol–water partition coefficient (Wildman–Crippen LogP) is 2.06. The van der Waals surface area contributed by atoms with Crippen LogP contribution < -0.4 is 0 Å². The van der Waals surface area contributed by atoms with Crippen molar-refractivity contribution in [3.63, 3.8) is 0 Å². The third-order valence-corrected chi connectivity index (χ3v) is 2.21. The lowest BCUT2D eigenvalue weighted by molar-refractivity contribution is 0.375. The normalized spacial score (nSPS) is 11.5. The van der Waals surface area contributed by atoms with Gasteiger partial charge in [0.15, 0.2) is 0 Å². The SMILES string of the molecule is CN(C)CCCCCCCN(C)C. The van der Waals surface area contributed by atoms with Crippen molar-refractivity contribution in [3.8, 4) is 0 Å². The van der Waals surface area contributed by atoms with E-state index in [1.165, 1.54) is 45.2 Å². The molecular weight excluding hydrogens is 160 g/mol. The van der Waals surface area contributed by atoms with Gasteiger partial charge in [0.25, 0.3) is 0 Å². The van der Waals surface area contributed by atoms with Gasteiger partial charge in [-0.15, -0.1) is 0 Å². The Balaban J connectivity index is 2.92. The zero-order valence-electron chi connectivity index (χ0n) is 9.84. The maximum absolute atomic E-state index is 2.26. The van der Waals surface area contributed by atoms with Crippen molar-refractivity contribution in [2.75, 3.05) is 41.3 Å². The molecule has 0 aliphatic carbocycles. The van der Waals surface area contributed by atoms with E-state index in [4.69, 9.17) is 0 Å². The Labute approximate surface area is 83.9 Å². The van der Waals surface area contributed by atoms with Gasteiger partial charge in [-0.25, -0.2) is 0 Å². The first kappa shape index (κ1) is 12.9. The molecule has 0 saturated heterocycles. The molecule has 0 aromatic rings. The molecule has 0 N–H and O–H groups in total. The summed E-state index contributed by atoms with van der Waals surface area (Å²) < 4.78 is 0. The monoisotopic (exact) mass is 186 g/mol. The summed E-state index contributed by atoms with van der Waals surface area (Å²) in [5, 5.41) is 0. The van der Waals surface area contributed by atoms with E-state index in [1.807, 2.05) is 0 Å². The van der Waals surface area contributed by atoms with Crippen LogP contribution in [0, 0.1) is 0 Å². The highest BCUT2D eigenvalue weighted by atomic mass is 15.0. The molecule has 0 heterocycles. The Hall–Kier alpha value is -0.0800. The van der Waals surface area contributed by atoms with E-state index >= 15 is 0 Å². The summed E-state index contributed by atoms with van der Waals surface area (Å²) in [6.45, 7) is 2.49. The van der Waals surface area contributed by atoms with Gasteiger partial charge in [0.05, 0.1) is 0 Å². The third kappa shape index (κ3) is 11.9. The van der Waals surface area contributed by atoms with Gasteiger partial charge >= 0.3 is 0 Å². The number of hydrogen-bond acceptors (Lipinski definition) is 2. The molecule has 0 saturated carbocycles. The molecule has 0 bridgehead atoms. The van der Waals surface area contributed by atoms with Crippen LogP contribution >= 0.6 is 0 Å². The van der Waals surface area contributed by atoms with Crippen LogP contribution in [-0.4, -0.2) is 51.1 Å². The van der Waals surface area contributed by atoms with Crippen LogP contribution in [0.5, 0.6) is 0 Å². The lowest BCUT2D eigenvalue weighted by atomic mass is 10.1. The van der Waals surface area contributed by atoms with Crippen molar-refractivity contribution in [1.29, 1.82) is 0 Å². The second-order valence-electron chi connectivity index (χ2n) is 4.37. The van der Waals surface area contributed by atoms with Gasteiger partial charge in [0.1, 0.15) is 0 Å². The zero-order chi connectivity index (χ0) is 10.1. The Morgan fingerprint density at radius 3 is 1.15 bits per heavy atom. The molecule has 0 aromatic heterocycles. The standard InChI is InChI=1S/C11H26N2/c1-12(2)10-8-6-5-7-9-11-13(3)4/h5-11H2,1-4H3. The molecule has 0 aromatic carbocycles. The summed E-state index contributed by atoms with van der Waals surface area (Å²) >= 11 is 0. The highest BCUT2D eigenvalue weighted by Gasteiger charge is 1.93. The topological polar surface area (TPSA) is 6.48 Å². The zero-order valence-corrected chi connectivity index (χ0v) is 9.84. The largest absolute Gasteiger partial charge is 0.309 e. The fraction of sp³-hybridized carbons (Fsp3) is 1.00. The summed E-state index contributed by atoms with van der Waals surface area (Å²) in [7, 11) is 8.58.